The van der Waals surface area contributed by atoms with Gasteiger partial charge in [-0.2, -0.15) is 0 Å². The smallest absolute Gasteiger partial charge is 0.262 e. The van der Waals surface area contributed by atoms with Crippen LogP contribution in [-0.4, -0.2) is 31.0 Å². The summed E-state index contributed by atoms with van der Waals surface area (Å²) in [6.07, 6.45) is 0.588. The van der Waals surface area contributed by atoms with E-state index in [1.165, 1.54) is 0 Å². The van der Waals surface area contributed by atoms with Gasteiger partial charge in [0.1, 0.15) is 0 Å². The lowest BCUT2D eigenvalue weighted by molar-refractivity contribution is -0.123. The summed E-state index contributed by atoms with van der Waals surface area (Å²) in [4.78, 5) is 11.8. The summed E-state index contributed by atoms with van der Waals surface area (Å²) < 4.78 is 25.9. The molecule has 0 aromatic carbocycles. The molecule has 0 radical (unpaired) electrons. The van der Waals surface area contributed by atoms with Crippen LogP contribution in [0.5, 0.6) is 0 Å². The van der Waals surface area contributed by atoms with Crippen LogP contribution >= 0.6 is 12.4 Å². The second kappa shape index (κ2) is 6.84. The summed E-state index contributed by atoms with van der Waals surface area (Å²) in [6.45, 7) is 8.52. The summed E-state index contributed by atoms with van der Waals surface area (Å²) in [5.41, 5.74) is -0.00898. The van der Waals surface area contributed by atoms with Gasteiger partial charge < -0.3 is 5.32 Å². The number of rotatable bonds is 5. The normalized spacial score (nSPS) is 22.2. The van der Waals surface area contributed by atoms with E-state index in [0.29, 0.717) is 12.5 Å². The number of carbonyl (C=O) groups excluding carboxylic acids is 1. The van der Waals surface area contributed by atoms with Gasteiger partial charge in [-0.15, -0.1) is 12.4 Å². The molecule has 1 unspecified atom stereocenters. The lowest BCUT2D eigenvalue weighted by Gasteiger charge is -2.27. The van der Waals surface area contributed by atoms with Gasteiger partial charge in [0.2, 0.25) is 5.91 Å². The molecule has 0 saturated carbocycles. The Morgan fingerprint density at radius 2 is 2.05 bits per heavy atom. The third-order valence-corrected chi connectivity index (χ3v) is 3.13. The largest absolute Gasteiger partial charge is 0.354 e. The van der Waals surface area contributed by atoms with Crippen molar-refractivity contribution >= 4 is 18.3 Å². The minimum absolute atomic E-state index is 0. The number of hydrogen-bond acceptors (Lipinski definition) is 2. The Morgan fingerprint density at radius 1 is 1.47 bits per heavy atom. The minimum atomic E-state index is -2.75. The van der Waals surface area contributed by atoms with Crippen molar-refractivity contribution in [2.24, 2.45) is 11.3 Å². The molecule has 19 heavy (non-hydrogen) atoms. The third-order valence-electron chi connectivity index (χ3n) is 3.13. The van der Waals surface area contributed by atoms with Crippen LogP contribution < -0.4 is 10.6 Å². The van der Waals surface area contributed by atoms with Crippen LogP contribution in [-0.2, 0) is 4.79 Å². The Morgan fingerprint density at radius 3 is 2.47 bits per heavy atom. The molecular weight excluding hydrogens is 274 g/mol. The number of amides is 1. The molecule has 0 bridgehead atoms. The first-order chi connectivity index (χ1) is 8.11. The first-order valence-electron chi connectivity index (χ1n) is 6.50. The first-order valence-corrected chi connectivity index (χ1v) is 6.50. The van der Waals surface area contributed by atoms with Gasteiger partial charge in [-0.25, -0.2) is 8.78 Å². The Bertz CT molecular complexity index is 309. The van der Waals surface area contributed by atoms with Crippen LogP contribution in [0.3, 0.4) is 0 Å². The molecule has 1 aliphatic rings. The van der Waals surface area contributed by atoms with Crippen molar-refractivity contribution in [3.05, 3.63) is 0 Å². The predicted molar refractivity (Wildman–Crippen MR) is 74.8 cm³/mol. The summed E-state index contributed by atoms with van der Waals surface area (Å²) in [5.74, 6) is -2.52. The molecule has 0 aromatic heterocycles. The number of hydrogen-bond donors (Lipinski definition) is 2. The van der Waals surface area contributed by atoms with E-state index in [9.17, 15) is 13.6 Å². The predicted octanol–water partition coefficient (Wildman–Crippen LogP) is 2.59. The summed E-state index contributed by atoms with van der Waals surface area (Å²) in [7, 11) is 0. The highest BCUT2D eigenvalue weighted by molar-refractivity contribution is 5.85. The maximum absolute atomic E-state index is 13.0. The molecule has 1 rings (SSSR count). The van der Waals surface area contributed by atoms with Crippen molar-refractivity contribution in [1.82, 2.24) is 10.6 Å². The zero-order valence-electron chi connectivity index (χ0n) is 12.1. The monoisotopic (exact) mass is 298 g/mol. The van der Waals surface area contributed by atoms with Crippen LogP contribution in [0, 0.1) is 11.3 Å². The minimum Gasteiger partial charge on any atom is -0.354 e. The summed E-state index contributed by atoms with van der Waals surface area (Å²) >= 11 is 0. The quantitative estimate of drug-likeness (QED) is 0.819. The van der Waals surface area contributed by atoms with E-state index in [-0.39, 0.29) is 23.7 Å². The number of nitrogens with one attached hydrogen (secondary N) is 2. The fourth-order valence-corrected chi connectivity index (χ4v) is 2.53. The van der Waals surface area contributed by atoms with Gasteiger partial charge in [-0.1, -0.05) is 27.7 Å². The van der Waals surface area contributed by atoms with E-state index in [4.69, 9.17) is 0 Å². The highest BCUT2D eigenvalue weighted by Gasteiger charge is 2.42. The van der Waals surface area contributed by atoms with E-state index in [1.54, 1.807) is 0 Å². The van der Waals surface area contributed by atoms with Gasteiger partial charge in [0.05, 0.1) is 12.6 Å². The fraction of sp³-hybridized carbons (Fsp3) is 0.923. The van der Waals surface area contributed by atoms with E-state index < -0.39 is 24.9 Å². The van der Waals surface area contributed by atoms with Crippen LogP contribution in [0.4, 0.5) is 8.78 Å². The average Bonchev–Trinajstić information content (AvgIpc) is 2.53. The number of halogens is 3. The maximum atomic E-state index is 13.0. The Kier molecular flexibility index (Phi) is 6.69. The molecule has 1 aliphatic heterocycles. The number of alkyl halides is 2. The molecule has 0 aromatic rings. The van der Waals surface area contributed by atoms with Gasteiger partial charge >= 0.3 is 0 Å². The SMILES string of the molecule is CC(C)CC(C)(C)CNC(=O)C1CC(F)(F)CN1.Cl. The molecule has 1 saturated heterocycles. The molecule has 3 nitrogen and oxygen atoms in total. The molecular formula is C13H25ClF2N2O. The van der Waals surface area contributed by atoms with Crippen molar-refractivity contribution in [2.45, 2.75) is 52.5 Å². The fourth-order valence-electron chi connectivity index (χ4n) is 2.53. The molecule has 1 atom stereocenters. The Labute approximate surface area is 120 Å². The van der Waals surface area contributed by atoms with Crippen molar-refractivity contribution in [3.8, 4) is 0 Å². The molecule has 2 N–H and O–H groups in total. The lowest BCUT2D eigenvalue weighted by atomic mass is 9.84. The summed E-state index contributed by atoms with van der Waals surface area (Å²) in [6, 6.07) is -0.755. The zero-order valence-corrected chi connectivity index (χ0v) is 12.9. The lowest BCUT2D eigenvalue weighted by Crippen LogP contribution is -2.44. The second-order valence-electron chi connectivity index (χ2n) is 6.47. The standard InChI is InChI=1S/C13H24F2N2O.ClH/c1-9(2)5-12(3,4)7-17-11(18)10-6-13(14,15)8-16-10;/h9-10,16H,5-8H2,1-4H3,(H,17,18);1H. The molecule has 6 heteroatoms. The molecule has 114 valence electrons. The molecule has 0 spiro atoms. The summed E-state index contributed by atoms with van der Waals surface area (Å²) in [5, 5.41) is 5.33. The van der Waals surface area contributed by atoms with Gasteiger partial charge in [-0.05, 0) is 17.8 Å². The topological polar surface area (TPSA) is 41.1 Å². The van der Waals surface area contributed by atoms with Crippen LogP contribution in [0.2, 0.25) is 0 Å². The highest BCUT2D eigenvalue weighted by Crippen LogP contribution is 2.26. The molecule has 1 fully saturated rings. The maximum Gasteiger partial charge on any atom is 0.262 e. The first kappa shape index (κ1) is 18.6. The van der Waals surface area contributed by atoms with Crippen molar-refractivity contribution in [3.63, 3.8) is 0 Å². The van der Waals surface area contributed by atoms with Gasteiger partial charge in [-0.3, -0.25) is 10.1 Å². The van der Waals surface area contributed by atoms with Gasteiger partial charge in [0.15, 0.2) is 0 Å². The van der Waals surface area contributed by atoms with Crippen LogP contribution in [0.15, 0.2) is 0 Å². The second-order valence-corrected chi connectivity index (χ2v) is 6.47. The van der Waals surface area contributed by atoms with Crippen LogP contribution in [0.1, 0.15) is 40.5 Å². The van der Waals surface area contributed by atoms with E-state index in [0.717, 1.165) is 6.42 Å². The van der Waals surface area contributed by atoms with Crippen molar-refractivity contribution in [1.29, 1.82) is 0 Å². The highest BCUT2D eigenvalue weighted by atomic mass is 35.5. The average molecular weight is 299 g/mol. The molecule has 1 amide bonds. The molecule has 1 heterocycles. The van der Waals surface area contributed by atoms with E-state index in [2.05, 4.69) is 38.3 Å². The molecule has 0 aliphatic carbocycles. The zero-order chi connectivity index (χ0) is 14.0. The van der Waals surface area contributed by atoms with Crippen molar-refractivity contribution in [2.75, 3.05) is 13.1 Å². The van der Waals surface area contributed by atoms with Crippen LogP contribution in [0.25, 0.3) is 0 Å². The third kappa shape index (κ3) is 6.52. The number of carbonyl (C=O) groups is 1. The van der Waals surface area contributed by atoms with Gasteiger partial charge in [0.25, 0.3) is 5.92 Å². The Balaban J connectivity index is 0.00000324. The van der Waals surface area contributed by atoms with E-state index in [1.807, 2.05) is 0 Å². The van der Waals surface area contributed by atoms with E-state index >= 15 is 0 Å². The van der Waals surface area contributed by atoms with Crippen molar-refractivity contribution < 1.29 is 13.6 Å². The van der Waals surface area contributed by atoms with Gasteiger partial charge in [0, 0.05) is 13.0 Å². The Hall–Kier alpha value is -0.420.